The molecule has 2 N–H and O–H groups in total. The molecule has 2 unspecified atom stereocenters. The Kier molecular flexibility index (Phi) is 3.72. The third-order valence-electron chi connectivity index (χ3n) is 4.90. The van der Waals surface area contributed by atoms with E-state index in [1.54, 1.807) is 0 Å². The Balaban J connectivity index is 1.98. The smallest absolute Gasteiger partial charge is 0.223 e. The van der Waals surface area contributed by atoms with Crippen molar-refractivity contribution in [2.45, 2.75) is 32.1 Å². The van der Waals surface area contributed by atoms with E-state index in [0.717, 1.165) is 37.4 Å². The van der Waals surface area contributed by atoms with Gasteiger partial charge >= 0.3 is 0 Å². The minimum Gasteiger partial charge on any atom is -0.369 e. The Hall–Kier alpha value is -1.09. The van der Waals surface area contributed by atoms with Crippen molar-refractivity contribution in [3.8, 4) is 0 Å². The first-order valence-electron chi connectivity index (χ1n) is 7.27. The fourth-order valence-corrected chi connectivity index (χ4v) is 4.04. The minimum atomic E-state index is -0.284. The summed E-state index contributed by atoms with van der Waals surface area (Å²) in [5.74, 6) is 0.530. The van der Waals surface area contributed by atoms with Crippen LogP contribution in [0.4, 0.5) is 0 Å². The summed E-state index contributed by atoms with van der Waals surface area (Å²) in [5, 5.41) is 0.859. The maximum atomic E-state index is 12.0. The summed E-state index contributed by atoms with van der Waals surface area (Å²) in [6.45, 7) is 0. The van der Waals surface area contributed by atoms with Crippen molar-refractivity contribution in [1.82, 2.24) is 0 Å². The van der Waals surface area contributed by atoms with Gasteiger partial charge in [0.05, 0.1) is 5.41 Å². The summed E-state index contributed by atoms with van der Waals surface area (Å²) >= 11 is 3.40. The fraction of sp³-hybridized carbons (Fsp3) is 0.471. The van der Waals surface area contributed by atoms with Crippen LogP contribution < -0.4 is 5.73 Å². The molecule has 0 aliphatic heterocycles. The summed E-state index contributed by atoms with van der Waals surface area (Å²) < 4.78 is 0. The van der Waals surface area contributed by atoms with Gasteiger partial charge in [0.15, 0.2) is 0 Å². The van der Waals surface area contributed by atoms with E-state index in [0.29, 0.717) is 5.92 Å². The van der Waals surface area contributed by atoms with Crippen LogP contribution in [0.25, 0.3) is 6.08 Å². The lowest BCUT2D eigenvalue weighted by atomic mass is 9.79. The topological polar surface area (TPSA) is 43.1 Å². The van der Waals surface area contributed by atoms with Crippen LogP contribution >= 0.6 is 15.9 Å². The van der Waals surface area contributed by atoms with E-state index in [2.05, 4.69) is 46.3 Å². The molecular weight excluding hydrogens is 314 g/mol. The molecule has 2 nitrogen and oxygen atoms in total. The predicted molar refractivity (Wildman–Crippen MR) is 85.6 cm³/mol. The van der Waals surface area contributed by atoms with E-state index in [1.165, 1.54) is 16.7 Å². The maximum absolute atomic E-state index is 12.0. The number of primary amides is 1. The van der Waals surface area contributed by atoms with Crippen LogP contribution in [0, 0.1) is 11.3 Å². The molecule has 2 atom stereocenters. The van der Waals surface area contributed by atoms with Crippen LogP contribution in [0.3, 0.4) is 0 Å². The highest BCUT2D eigenvalue weighted by molar-refractivity contribution is 9.09. The Bertz CT molecular complexity index is 566. The molecule has 20 heavy (non-hydrogen) atoms. The molecule has 0 heterocycles. The first kappa shape index (κ1) is 13.9. The molecule has 2 bridgehead atoms. The zero-order chi connectivity index (χ0) is 14.2. The zero-order valence-corrected chi connectivity index (χ0v) is 13.2. The summed E-state index contributed by atoms with van der Waals surface area (Å²) in [4.78, 5) is 12.0. The number of allylic oxidation sites excluding steroid dienone is 1. The van der Waals surface area contributed by atoms with Crippen LogP contribution in [0.5, 0.6) is 0 Å². The lowest BCUT2D eigenvalue weighted by molar-refractivity contribution is -0.127. The lowest BCUT2D eigenvalue weighted by Crippen LogP contribution is -2.36. The second kappa shape index (κ2) is 5.36. The van der Waals surface area contributed by atoms with Crippen molar-refractivity contribution in [2.24, 2.45) is 17.1 Å². The first-order chi connectivity index (χ1) is 9.63. The Labute approximate surface area is 128 Å². The van der Waals surface area contributed by atoms with Crippen LogP contribution in [0.1, 0.15) is 36.0 Å². The number of carbonyl (C=O) groups excluding carboxylic acids is 1. The number of benzene rings is 1. The second-order valence-corrected chi connectivity index (χ2v) is 6.87. The molecule has 3 rings (SSSR count). The molecule has 2 aliphatic rings. The largest absolute Gasteiger partial charge is 0.369 e. The molecule has 1 aromatic rings. The zero-order valence-electron chi connectivity index (χ0n) is 11.6. The molecule has 1 aromatic carbocycles. The molecule has 1 fully saturated rings. The molecule has 0 radical (unpaired) electrons. The molecular formula is C17H20BrNO. The van der Waals surface area contributed by atoms with E-state index < -0.39 is 0 Å². The molecule has 0 saturated heterocycles. The predicted octanol–water partition coefficient (Wildman–Crippen LogP) is 3.47. The van der Waals surface area contributed by atoms with Gasteiger partial charge in [-0.15, -0.1) is 0 Å². The van der Waals surface area contributed by atoms with Crippen molar-refractivity contribution in [2.75, 3.05) is 5.33 Å². The average molecular weight is 334 g/mol. The lowest BCUT2D eigenvalue weighted by Gasteiger charge is -2.25. The van der Waals surface area contributed by atoms with Crippen molar-refractivity contribution in [3.63, 3.8) is 0 Å². The van der Waals surface area contributed by atoms with Crippen LogP contribution in [0.15, 0.2) is 24.3 Å². The maximum Gasteiger partial charge on any atom is 0.223 e. The highest BCUT2D eigenvalue weighted by atomic mass is 79.9. The van der Waals surface area contributed by atoms with Gasteiger partial charge in [-0.25, -0.2) is 0 Å². The number of rotatable bonds is 3. The van der Waals surface area contributed by atoms with Gasteiger partial charge in [0.2, 0.25) is 5.91 Å². The number of amides is 1. The average Bonchev–Trinajstić information content (AvgIpc) is 2.74. The molecule has 2 aliphatic carbocycles. The van der Waals surface area contributed by atoms with E-state index >= 15 is 0 Å². The molecule has 3 heteroatoms. The van der Waals surface area contributed by atoms with E-state index in [4.69, 9.17) is 5.73 Å². The van der Waals surface area contributed by atoms with Crippen molar-refractivity contribution in [1.29, 1.82) is 0 Å². The van der Waals surface area contributed by atoms with Gasteiger partial charge in [-0.1, -0.05) is 46.3 Å². The van der Waals surface area contributed by atoms with Gasteiger partial charge in [-0.2, -0.15) is 0 Å². The summed E-state index contributed by atoms with van der Waals surface area (Å²) in [6, 6.07) is 6.65. The van der Waals surface area contributed by atoms with Crippen LogP contribution in [-0.2, 0) is 17.6 Å². The first-order valence-corrected chi connectivity index (χ1v) is 8.39. The third kappa shape index (κ3) is 2.44. The van der Waals surface area contributed by atoms with Gasteiger partial charge in [0.1, 0.15) is 0 Å². The minimum absolute atomic E-state index is 0.103. The van der Waals surface area contributed by atoms with Gasteiger partial charge in [0.25, 0.3) is 0 Å². The third-order valence-corrected chi connectivity index (χ3v) is 5.27. The van der Waals surface area contributed by atoms with Crippen LogP contribution in [-0.4, -0.2) is 11.2 Å². The van der Waals surface area contributed by atoms with E-state index in [9.17, 15) is 4.79 Å². The number of hydrogen-bond donors (Lipinski definition) is 1. The molecule has 0 spiro atoms. The van der Waals surface area contributed by atoms with E-state index in [1.807, 2.05) is 0 Å². The number of alkyl halides is 1. The monoisotopic (exact) mass is 333 g/mol. The summed E-state index contributed by atoms with van der Waals surface area (Å²) in [5.41, 5.74) is 9.38. The van der Waals surface area contributed by atoms with Gasteiger partial charge in [-0.3, -0.25) is 4.79 Å². The number of halogens is 1. The second-order valence-electron chi connectivity index (χ2n) is 6.22. The number of carbonyl (C=O) groups is 1. The summed E-state index contributed by atoms with van der Waals surface area (Å²) in [7, 11) is 0. The van der Waals surface area contributed by atoms with Gasteiger partial charge in [-0.05, 0) is 54.7 Å². The van der Waals surface area contributed by atoms with Crippen molar-refractivity contribution >= 4 is 27.9 Å². The highest BCUT2D eigenvalue weighted by Crippen LogP contribution is 2.48. The number of hydrogen-bond acceptors (Lipinski definition) is 1. The Morgan fingerprint density at radius 3 is 3.05 bits per heavy atom. The van der Waals surface area contributed by atoms with Crippen LogP contribution in [0.2, 0.25) is 0 Å². The van der Waals surface area contributed by atoms with Crippen molar-refractivity contribution in [3.05, 3.63) is 41.0 Å². The molecule has 1 amide bonds. The van der Waals surface area contributed by atoms with Crippen molar-refractivity contribution < 1.29 is 4.79 Å². The Morgan fingerprint density at radius 2 is 2.30 bits per heavy atom. The highest BCUT2D eigenvalue weighted by Gasteiger charge is 2.46. The molecule has 0 aromatic heterocycles. The van der Waals surface area contributed by atoms with Gasteiger partial charge in [0, 0.05) is 5.33 Å². The summed E-state index contributed by atoms with van der Waals surface area (Å²) in [6.07, 6.45) is 9.23. The quantitative estimate of drug-likeness (QED) is 0.845. The Morgan fingerprint density at radius 1 is 1.45 bits per heavy atom. The molecule has 1 saturated carbocycles. The van der Waals surface area contributed by atoms with E-state index in [-0.39, 0.29) is 11.3 Å². The number of nitrogens with two attached hydrogens (primary N) is 1. The SMILES string of the molecule is NC(=O)C12CCC(Cc3ccc(C=CCBr)cc3C1)C2. The van der Waals surface area contributed by atoms with Gasteiger partial charge < -0.3 is 5.73 Å². The normalized spacial score (nSPS) is 28.4. The molecule has 106 valence electrons. The number of fused-ring (bicyclic) bond motifs is 3. The standard InChI is InChI=1S/C17H20BrNO/c18-7-1-2-12-3-4-14-9-13-5-6-17(10-13,16(19)20)11-15(14)8-12/h1-4,8,13H,5-7,9-11H2,(H2,19,20). The fourth-order valence-electron chi connectivity index (χ4n) is 3.85.